The zero-order valence-electron chi connectivity index (χ0n) is 9.88. The average molecular weight is 290 g/mol. The first-order valence-electron chi connectivity index (χ1n) is 5.62. The van der Waals surface area contributed by atoms with Crippen LogP contribution in [0.1, 0.15) is 12.0 Å². The summed E-state index contributed by atoms with van der Waals surface area (Å²) in [5, 5.41) is -0.0420. The lowest BCUT2D eigenvalue weighted by Crippen LogP contribution is -2.24. The molecule has 1 aliphatic rings. The fraction of sp³-hybridized carbons (Fsp3) is 0.308. The molecule has 19 heavy (non-hydrogen) atoms. The van der Waals surface area contributed by atoms with Crippen LogP contribution in [0.2, 0.25) is 5.02 Å². The molecule has 1 aromatic rings. The number of carbonyl (C=O) groups excluding carboxylic acids is 1. The molecule has 1 fully saturated rings. The maximum atomic E-state index is 12.7. The van der Waals surface area contributed by atoms with Gasteiger partial charge in [-0.1, -0.05) is 17.7 Å². The molecule has 1 atom stereocenters. The van der Waals surface area contributed by atoms with Crippen LogP contribution >= 0.6 is 11.6 Å². The lowest BCUT2D eigenvalue weighted by molar-refractivity contribution is -0.137. The van der Waals surface area contributed by atoms with E-state index < -0.39 is 11.7 Å². The van der Waals surface area contributed by atoms with E-state index in [0.29, 0.717) is 6.54 Å². The Morgan fingerprint density at radius 1 is 1.37 bits per heavy atom. The Labute approximate surface area is 113 Å². The number of hydrogen-bond acceptors (Lipinski definition) is 1. The maximum Gasteiger partial charge on any atom is 0.416 e. The minimum absolute atomic E-state index is 0.0409. The van der Waals surface area contributed by atoms with E-state index in [1.807, 2.05) is 0 Å². The molecule has 6 heteroatoms. The molecule has 1 unspecified atom stereocenters. The third-order valence-electron chi connectivity index (χ3n) is 3.01. The van der Waals surface area contributed by atoms with Gasteiger partial charge in [0, 0.05) is 29.6 Å². The van der Waals surface area contributed by atoms with Crippen molar-refractivity contribution in [2.45, 2.75) is 12.6 Å². The number of anilines is 1. The van der Waals surface area contributed by atoms with E-state index in [0.717, 1.165) is 12.1 Å². The standard InChI is InChI=1S/C13H11ClF3NO/c1-2-8-3-12(19)18(7-8)11-5-9(13(15,16)17)4-10(14)6-11/h2,4-6,8H,1,3,7H2. The Hall–Kier alpha value is -1.49. The number of halogens is 4. The van der Waals surface area contributed by atoms with Crippen LogP contribution in [0.15, 0.2) is 30.9 Å². The van der Waals surface area contributed by atoms with E-state index in [4.69, 9.17) is 11.6 Å². The van der Waals surface area contributed by atoms with Crippen LogP contribution in [-0.2, 0) is 11.0 Å². The topological polar surface area (TPSA) is 20.3 Å². The Balaban J connectivity index is 2.38. The van der Waals surface area contributed by atoms with Crippen LogP contribution in [0.25, 0.3) is 0 Å². The van der Waals surface area contributed by atoms with Crippen molar-refractivity contribution >= 4 is 23.2 Å². The zero-order valence-corrected chi connectivity index (χ0v) is 10.6. The van der Waals surface area contributed by atoms with Gasteiger partial charge in [0.2, 0.25) is 5.91 Å². The van der Waals surface area contributed by atoms with Gasteiger partial charge in [-0.2, -0.15) is 13.2 Å². The van der Waals surface area contributed by atoms with Gasteiger partial charge in [0.1, 0.15) is 0 Å². The highest BCUT2D eigenvalue weighted by atomic mass is 35.5. The normalized spacial score (nSPS) is 19.9. The second-order valence-corrected chi connectivity index (χ2v) is 4.84. The van der Waals surface area contributed by atoms with Crippen LogP contribution in [0.5, 0.6) is 0 Å². The van der Waals surface area contributed by atoms with Gasteiger partial charge in [-0.05, 0) is 18.2 Å². The van der Waals surface area contributed by atoms with Crippen LogP contribution in [0.3, 0.4) is 0 Å². The van der Waals surface area contributed by atoms with Crippen LogP contribution in [-0.4, -0.2) is 12.5 Å². The minimum Gasteiger partial charge on any atom is -0.312 e. The third kappa shape index (κ3) is 2.92. The molecule has 0 spiro atoms. The summed E-state index contributed by atoms with van der Waals surface area (Å²) in [6.45, 7) is 3.93. The highest BCUT2D eigenvalue weighted by Crippen LogP contribution is 2.36. The zero-order chi connectivity index (χ0) is 14.2. The van der Waals surface area contributed by atoms with Crippen LogP contribution in [0.4, 0.5) is 18.9 Å². The minimum atomic E-state index is -4.49. The molecule has 0 radical (unpaired) electrons. The van der Waals surface area contributed by atoms with E-state index in [9.17, 15) is 18.0 Å². The van der Waals surface area contributed by atoms with Crippen LogP contribution in [0, 0.1) is 5.92 Å². The summed E-state index contributed by atoms with van der Waals surface area (Å²) in [5.41, 5.74) is -0.681. The van der Waals surface area contributed by atoms with Gasteiger partial charge in [-0.25, -0.2) is 0 Å². The maximum absolute atomic E-state index is 12.7. The molecular weight excluding hydrogens is 279 g/mol. The van der Waals surface area contributed by atoms with Gasteiger partial charge in [-0.15, -0.1) is 6.58 Å². The second kappa shape index (κ2) is 4.89. The molecule has 0 bridgehead atoms. The van der Waals surface area contributed by atoms with Crippen molar-refractivity contribution in [2.75, 3.05) is 11.4 Å². The summed E-state index contributed by atoms with van der Waals surface area (Å²) in [6.07, 6.45) is -2.59. The van der Waals surface area contributed by atoms with Crippen molar-refractivity contribution in [3.63, 3.8) is 0 Å². The first-order valence-corrected chi connectivity index (χ1v) is 6.00. The number of nitrogens with zero attached hydrogens (tertiary/aromatic N) is 1. The van der Waals surface area contributed by atoms with Gasteiger partial charge in [0.25, 0.3) is 0 Å². The number of rotatable bonds is 2. The van der Waals surface area contributed by atoms with Gasteiger partial charge in [0.15, 0.2) is 0 Å². The van der Waals surface area contributed by atoms with E-state index >= 15 is 0 Å². The molecule has 1 heterocycles. The van der Waals surface area contributed by atoms with Gasteiger partial charge >= 0.3 is 6.18 Å². The second-order valence-electron chi connectivity index (χ2n) is 4.40. The predicted octanol–water partition coefficient (Wildman–Crippen LogP) is 3.90. The lowest BCUT2D eigenvalue weighted by Gasteiger charge is -2.18. The fourth-order valence-corrected chi connectivity index (χ4v) is 2.27. The number of carbonyl (C=O) groups is 1. The fourth-order valence-electron chi connectivity index (χ4n) is 2.04. The average Bonchev–Trinajstić information content (AvgIpc) is 2.68. The molecule has 0 aliphatic carbocycles. The number of amides is 1. The molecule has 0 N–H and O–H groups in total. The summed E-state index contributed by atoms with van der Waals surface area (Å²) in [4.78, 5) is 13.1. The molecule has 0 aromatic heterocycles. The molecule has 1 amide bonds. The first-order chi connectivity index (χ1) is 8.81. The van der Waals surface area contributed by atoms with Crippen molar-refractivity contribution in [1.82, 2.24) is 0 Å². The number of alkyl halides is 3. The smallest absolute Gasteiger partial charge is 0.312 e. The van der Waals surface area contributed by atoms with Gasteiger partial charge in [-0.3, -0.25) is 4.79 Å². The molecule has 2 rings (SSSR count). The predicted molar refractivity (Wildman–Crippen MR) is 67.1 cm³/mol. The largest absolute Gasteiger partial charge is 0.416 e. The van der Waals surface area contributed by atoms with Crippen molar-refractivity contribution in [3.8, 4) is 0 Å². The Kier molecular flexibility index (Phi) is 3.58. The van der Waals surface area contributed by atoms with Gasteiger partial charge < -0.3 is 4.90 Å². The molecular formula is C13H11ClF3NO. The molecule has 2 nitrogen and oxygen atoms in total. The number of benzene rings is 1. The number of hydrogen-bond donors (Lipinski definition) is 0. The van der Waals surface area contributed by atoms with E-state index in [1.54, 1.807) is 6.08 Å². The molecule has 102 valence electrons. The summed E-state index contributed by atoms with van der Waals surface area (Å²) in [7, 11) is 0. The van der Waals surface area contributed by atoms with Crippen molar-refractivity contribution in [1.29, 1.82) is 0 Å². The Morgan fingerprint density at radius 2 is 2.05 bits per heavy atom. The van der Waals surface area contributed by atoms with Crippen molar-refractivity contribution in [3.05, 3.63) is 41.4 Å². The lowest BCUT2D eigenvalue weighted by atomic mass is 10.1. The highest BCUT2D eigenvalue weighted by Gasteiger charge is 2.34. The SMILES string of the molecule is C=CC1CC(=O)N(c2cc(Cl)cc(C(F)(F)F)c2)C1. The van der Waals surface area contributed by atoms with E-state index in [-0.39, 0.29) is 29.0 Å². The van der Waals surface area contributed by atoms with Crippen molar-refractivity contribution in [2.24, 2.45) is 5.92 Å². The first kappa shape index (κ1) is 13.9. The molecule has 0 saturated carbocycles. The van der Waals surface area contributed by atoms with Gasteiger partial charge in [0.05, 0.1) is 5.56 Å². The summed E-state index contributed by atoms with van der Waals surface area (Å²) >= 11 is 5.69. The monoisotopic (exact) mass is 289 g/mol. The summed E-state index contributed by atoms with van der Waals surface area (Å²) in [6, 6.07) is 3.14. The highest BCUT2D eigenvalue weighted by molar-refractivity contribution is 6.31. The molecule has 1 aliphatic heterocycles. The third-order valence-corrected chi connectivity index (χ3v) is 3.23. The van der Waals surface area contributed by atoms with Crippen LogP contribution < -0.4 is 4.90 Å². The summed E-state index contributed by atoms with van der Waals surface area (Å²) < 4.78 is 38.1. The Morgan fingerprint density at radius 3 is 2.58 bits per heavy atom. The summed E-state index contributed by atoms with van der Waals surface area (Å²) in [5.74, 6) is -0.263. The quantitative estimate of drug-likeness (QED) is 0.756. The van der Waals surface area contributed by atoms with Crippen molar-refractivity contribution < 1.29 is 18.0 Å². The molecule has 1 saturated heterocycles. The molecule has 1 aromatic carbocycles. The van der Waals surface area contributed by atoms with E-state index in [1.165, 1.54) is 11.0 Å². The Bertz CT molecular complexity index is 527. The van der Waals surface area contributed by atoms with E-state index in [2.05, 4.69) is 6.58 Å².